The van der Waals surface area contributed by atoms with Gasteiger partial charge in [-0.15, -0.1) is 0 Å². The van der Waals surface area contributed by atoms with Crippen LogP contribution in [0.2, 0.25) is 0 Å². The average Bonchev–Trinajstić information content (AvgIpc) is 3.10. The molecular formula is C17H20FN5O3. The second kappa shape index (κ2) is 7.27. The molecule has 26 heavy (non-hydrogen) atoms. The summed E-state index contributed by atoms with van der Waals surface area (Å²) in [6.07, 6.45) is 6.18. The number of ether oxygens (including phenoxy) is 2. The van der Waals surface area contributed by atoms with Crippen molar-refractivity contribution in [2.45, 2.75) is 50.8 Å². The molecule has 0 aromatic carbocycles. The maximum Gasteiger partial charge on any atom is 0.316 e. The molecule has 0 unspecified atom stereocenters. The highest BCUT2D eigenvalue weighted by Crippen LogP contribution is 2.23. The lowest BCUT2D eigenvalue weighted by Gasteiger charge is -2.28. The Morgan fingerprint density at radius 2 is 2.04 bits per heavy atom. The van der Waals surface area contributed by atoms with E-state index in [-0.39, 0.29) is 24.1 Å². The number of amides is 1. The highest BCUT2D eigenvalue weighted by Gasteiger charge is 2.26. The van der Waals surface area contributed by atoms with Gasteiger partial charge in [-0.05, 0) is 25.7 Å². The van der Waals surface area contributed by atoms with Crippen LogP contribution in [0.4, 0.5) is 4.39 Å². The summed E-state index contributed by atoms with van der Waals surface area (Å²) in [5.74, 6) is -0.0188. The third kappa shape index (κ3) is 3.76. The number of carbonyl (C=O) groups is 1. The van der Waals surface area contributed by atoms with Gasteiger partial charge in [0.25, 0.3) is 5.91 Å². The molecule has 1 saturated carbocycles. The van der Waals surface area contributed by atoms with Crippen LogP contribution in [-0.2, 0) is 6.54 Å². The SMILES string of the molecule is O=C(NC1CCC(Oc2ncc(F)cn2)CC1)c1cc2n(n1)CCCO2. The highest BCUT2D eigenvalue weighted by molar-refractivity contribution is 5.92. The summed E-state index contributed by atoms with van der Waals surface area (Å²) in [7, 11) is 0. The Morgan fingerprint density at radius 1 is 1.27 bits per heavy atom. The Hall–Kier alpha value is -2.71. The van der Waals surface area contributed by atoms with Gasteiger partial charge in [0.1, 0.15) is 6.10 Å². The number of halogens is 1. The number of carbonyl (C=O) groups excluding carboxylic acids is 1. The number of aryl methyl sites for hydroxylation is 1. The molecule has 1 aliphatic heterocycles. The predicted molar refractivity (Wildman–Crippen MR) is 88.5 cm³/mol. The molecule has 2 aliphatic rings. The number of rotatable bonds is 4. The normalized spacial score (nSPS) is 22.2. The van der Waals surface area contributed by atoms with Crippen LogP contribution in [0, 0.1) is 5.82 Å². The Morgan fingerprint density at radius 3 is 2.77 bits per heavy atom. The first kappa shape index (κ1) is 16.7. The van der Waals surface area contributed by atoms with E-state index in [1.807, 2.05) is 0 Å². The van der Waals surface area contributed by atoms with E-state index in [0.29, 0.717) is 18.2 Å². The minimum absolute atomic E-state index is 0.0260. The maximum atomic E-state index is 12.8. The Kier molecular flexibility index (Phi) is 4.68. The van der Waals surface area contributed by atoms with Crippen LogP contribution in [0.15, 0.2) is 18.5 Å². The number of fused-ring (bicyclic) bond motifs is 1. The van der Waals surface area contributed by atoms with Crippen LogP contribution >= 0.6 is 0 Å². The van der Waals surface area contributed by atoms with E-state index in [9.17, 15) is 9.18 Å². The van der Waals surface area contributed by atoms with Gasteiger partial charge in [-0.2, -0.15) is 5.10 Å². The van der Waals surface area contributed by atoms with Crippen molar-refractivity contribution in [2.75, 3.05) is 6.61 Å². The monoisotopic (exact) mass is 361 g/mol. The molecule has 0 atom stereocenters. The molecule has 0 radical (unpaired) electrons. The zero-order chi connectivity index (χ0) is 17.9. The van der Waals surface area contributed by atoms with Crippen LogP contribution in [0.3, 0.4) is 0 Å². The summed E-state index contributed by atoms with van der Waals surface area (Å²) in [4.78, 5) is 20.0. The lowest BCUT2D eigenvalue weighted by atomic mass is 9.93. The quantitative estimate of drug-likeness (QED) is 0.892. The van der Waals surface area contributed by atoms with Crippen molar-refractivity contribution < 1.29 is 18.7 Å². The molecule has 1 aliphatic carbocycles. The van der Waals surface area contributed by atoms with Crippen LogP contribution in [-0.4, -0.2) is 44.4 Å². The van der Waals surface area contributed by atoms with Gasteiger partial charge in [-0.3, -0.25) is 4.79 Å². The van der Waals surface area contributed by atoms with Crippen LogP contribution in [0.1, 0.15) is 42.6 Å². The zero-order valence-electron chi connectivity index (χ0n) is 14.2. The summed E-state index contributed by atoms with van der Waals surface area (Å²) >= 11 is 0. The van der Waals surface area contributed by atoms with E-state index in [2.05, 4.69) is 20.4 Å². The fourth-order valence-corrected chi connectivity index (χ4v) is 3.27. The first-order chi connectivity index (χ1) is 12.7. The third-order valence-corrected chi connectivity index (χ3v) is 4.62. The topological polar surface area (TPSA) is 91.2 Å². The first-order valence-corrected chi connectivity index (χ1v) is 8.83. The van der Waals surface area contributed by atoms with Gasteiger partial charge in [0.2, 0.25) is 5.88 Å². The van der Waals surface area contributed by atoms with Gasteiger partial charge in [0, 0.05) is 25.1 Å². The lowest BCUT2D eigenvalue weighted by molar-refractivity contribution is 0.0879. The zero-order valence-corrected chi connectivity index (χ0v) is 14.2. The average molecular weight is 361 g/mol. The van der Waals surface area contributed by atoms with E-state index in [1.54, 1.807) is 10.7 Å². The summed E-state index contributed by atoms with van der Waals surface area (Å²) in [6.45, 7) is 1.44. The Balaban J connectivity index is 1.27. The minimum atomic E-state index is -0.491. The van der Waals surface area contributed by atoms with Crippen LogP contribution < -0.4 is 14.8 Å². The van der Waals surface area contributed by atoms with Crippen molar-refractivity contribution in [3.8, 4) is 11.9 Å². The van der Waals surface area contributed by atoms with Crippen molar-refractivity contribution in [3.63, 3.8) is 0 Å². The van der Waals surface area contributed by atoms with Gasteiger partial charge in [-0.25, -0.2) is 19.0 Å². The third-order valence-electron chi connectivity index (χ3n) is 4.62. The maximum absolute atomic E-state index is 12.8. The molecule has 0 bridgehead atoms. The van der Waals surface area contributed by atoms with Gasteiger partial charge in [0.15, 0.2) is 11.5 Å². The van der Waals surface area contributed by atoms with Crippen LogP contribution in [0.25, 0.3) is 0 Å². The van der Waals surface area contributed by atoms with Gasteiger partial charge in [0.05, 0.1) is 19.0 Å². The molecule has 2 aromatic heterocycles. The van der Waals surface area contributed by atoms with Gasteiger partial charge < -0.3 is 14.8 Å². The first-order valence-electron chi connectivity index (χ1n) is 8.83. The second-order valence-electron chi connectivity index (χ2n) is 6.54. The van der Waals surface area contributed by atoms with Crippen molar-refractivity contribution >= 4 is 5.91 Å². The fourth-order valence-electron chi connectivity index (χ4n) is 3.27. The van der Waals surface area contributed by atoms with E-state index < -0.39 is 5.82 Å². The smallest absolute Gasteiger partial charge is 0.316 e. The standard InChI is InChI=1S/C17H20FN5O3/c18-11-9-19-17(20-10-11)26-13-4-2-12(3-5-13)21-16(24)14-8-15-23(22-14)6-1-7-25-15/h8-10,12-13H,1-7H2,(H,21,24). The van der Waals surface area contributed by atoms with Gasteiger partial charge in [-0.1, -0.05) is 0 Å². The molecule has 3 heterocycles. The van der Waals surface area contributed by atoms with Crippen molar-refractivity contribution in [1.29, 1.82) is 0 Å². The van der Waals surface area contributed by atoms with Crippen LogP contribution in [0.5, 0.6) is 11.9 Å². The van der Waals surface area contributed by atoms with Crippen molar-refractivity contribution in [2.24, 2.45) is 0 Å². The van der Waals surface area contributed by atoms with E-state index >= 15 is 0 Å². The van der Waals surface area contributed by atoms with E-state index in [0.717, 1.165) is 51.0 Å². The molecule has 9 heteroatoms. The molecule has 4 rings (SSSR count). The summed E-state index contributed by atoms with van der Waals surface area (Å²) in [5, 5.41) is 7.33. The second-order valence-corrected chi connectivity index (χ2v) is 6.54. The largest absolute Gasteiger partial charge is 0.478 e. The van der Waals surface area contributed by atoms with Gasteiger partial charge >= 0.3 is 6.01 Å². The minimum Gasteiger partial charge on any atom is -0.478 e. The Labute approximate surface area is 149 Å². The van der Waals surface area contributed by atoms with E-state index in [1.165, 1.54) is 0 Å². The molecule has 2 aromatic rings. The summed E-state index contributed by atoms with van der Waals surface area (Å²) in [5.41, 5.74) is 0.389. The number of aromatic nitrogens is 4. The van der Waals surface area contributed by atoms with Crippen molar-refractivity contribution in [1.82, 2.24) is 25.1 Å². The molecule has 0 spiro atoms. The number of nitrogens with zero attached hydrogens (tertiary/aromatic N) is 4. The molecule has 1 amide bonds. The molecular weight excluding hydrogens is 341 g/mol. The summed E-state index contributed by atoms with van der Waals surface area (Å²) in [6, 6.07) is 1.95. The molecule has 0 saturated heterocycles. The fraction of sp³-hybridized carbons (Fsp3) is 0.529. The highest BCUT2D eigenvalue weighted by atomic mass is 19.1. The van der Waals surface area contributed by atoms with E-state index in [4.69, 9.17) is 9.47 Å². The number of hydrogen-bond donors (Lipinski definition) is 1. The lowest BCUT2D eigenvalue weighted by Crippen LogP contribution is -2.40. The number of nitrogens with one attached hydrogen (secondary N) is 1. The molecule has 8 nitrogen and oxygen atoms in total. The number of hydrogen-bond acceptors (Lipinski definition) is 6. The Bertz CT molecular complexity index is 748. The predicted octanol–water partition coefficient (Wildman–Crippen LogP) is 1.71. The molecule has 138 valence electrons. The van der Waals surface area contributed by atoms with Crippen molar-refractivity contribution in [3.05, 3.63) is 30.0 Å². The summed E-state index contributed by atoms with van der Waals surface area (Å²) < 4.78 is 25.7. The molecule has 1 N–H and O–H groups in total. The molecule has 1 fully saturated rings.